The normalized spacial score (nSPS) is 14.7. The number of piperidine rings is 1. The van der Waals surface area contributed by atoms with Crippen molar-refractivity contribution in [1.29, 1.82) is 0 Å². The average Bonchev–Trinajstić information content (AvgIpc) is 3.31. The van der Waals surface area contributed by atoms with Gasteiger partial charge < -0.3 is 20.5 Å². The summed E-state index contributed by atoms with van der Waals surface area (Å²) >= 11 is 0. The molecule has 0 unspecified atom stereocenters. The summed E-state index contributed by atoms with van der Waals surface area (Å²) in [5.41, 5.74) is 1.59. The lowest BCUT2D eigenvalue weighted by molar-refractivity contribution is -0.137. The molecular weight excluding hydrogens is 471 g/mol. The summed E-state index contributed by atoms with van der Waals surface area (Å²) in [4.78, 5) is 22.4. The molecule has 1 amide bonds. The van der Waals surface area contributed by atoms with Crippen LogP contribution in [0.15, 0.2) is 60.7 Å². The molecule has 0 bridgehead atoms. The maximum atomic E-state index is 12.7. The molecule has 8 nitrogen and oxygen atoms in total. The first-order chi connectivity index (χ1) is 17.3. The highest BCUT2D eigenvalue weighted by Gasteiger charge is 2.30. The Balaban J connectivity index is 1.10. The highest BCUT2D eigenvalue weighted by atomic mass is 19.4. The van der Waals surface area contributed by atoms with E-state index >= 15 is 0 Å². The van der Waals surface area contributed by atoms with Gasteiger partial charge in [-0.25, -0.2) is 4.98 Å². The number of imidazole rings is 1. The Labute approximate surface area is 204 Å². The van der Waals surface area contributed by atoms with Gasteiger partial charge in [0.25, 0.3) is 0 Å². The van der Waals surface area contributed by atoms with Gasteiger partial charge in [0.2, 0.25) is 5.91 Å². The van der Waals surface area contributed by atoms with Crippen LogP contribution in [0.3, 0.4) is 0 Å². The van der Waals surface area contributed by atoms with Gasteiger partial charge in [-0.2, -0.15) is 13.2 Å². The van der Waals surface area contributed by atoms with Crippen LogP contribution in [0.25, 0.3) is 11.0 Å². The number of aromatic amines is 1. The highest BCUT2D eigenvalue weighted by Crippen LogP contribution is 2.30. The molecule has 1 saturated heterocycles. The minimum atomic E-state index is -4.37. The fourth-order valence-corrected chi connectivity index (χ4v) is 4.23. The van der Waals surface area contributed by atoms with Crippen molar-refractivity contribution in [1.82, 2.24) is 25.5 Å². The maximum Gasteiger partial charge on any atom is 0.416 e. The zero-order valence-electron chi connectivity index (χ0n) is 19.2. The molecule has 186 valence electrons. The van der Waals surface area contributed by atoms with Gasteiger partial charge in [-0.3, -0.25) is 4.79 Å². The van der Waals surface area contributed by atoms with Crippen molar-refractivity contribution < 1.29 is 18.0 Å². The Kier molecular flexibility index (Phi) is 6.45. The van der Waals surface area contributed by atoms with Gasteiger partial charge in [-0.05, 0) is 61.4 Å². The number of alkyl halides is 3. The van der Waals surface area contributed by atoms with Crippen molar-refractivity contribution in [3.8, 4) is 0 Å². The minimum Gasteiger partial charge on any atom is -0.355 e. The maximum absolute atomic E-state index is 12.7. The van der Waals surface area contributed by atoms with Crippen molar-refractivity contribution in [3.63, 3.8) is 0 Å². The number of hydrogen-bond donors (Lipinski definition) is 3. The largest absolute Gasteiger partial charge is 0.416 e. The van der Waals surface area contributed by atoms with Gasteiger partial charge in [-0.15, -0.1) is 10.2 Å². The van der Waals surface area contributed by atoms with Crippen molar-refractivity contribution in [3.05, 3.63) is 72.1 Å². The second kappa shape index (κ2) is 9.84. The smallest absolute Gasteiger partial charge is 0.355 e. The molecular formula is C25H24F3N7O. The third kappa shape index (κ3) is 5.40. The zero-order chi connectivity index (χ0) is 25.1. The van der Waals surface area contributed by atoms with Crippen LogP contribution in [0.2, 0.25) is 0 Å². The molecule has 36 heavy (non-hydrogen) atoms. The quantitative estimate of drug-likeness (QED) is 0.360. The first-order valence-electron chi connectivity index (χ1n) is 11.6. The molecule has 1 aliphatic heterocycles. The van der Waals surface area contributed by atoms with Crippen molar-refractivity contribution in [2.75, 3.05) is 23.3 Å². The molecule has 1 aliphatic rings. The van der Waals surface area contributed by atoms with E-state index in [1.807, 2.05) is 24.3 Å². The van der Waals surface area contributed by atoms with Gasteiger partial charge in [0.1, 0.15) is 5.82 Å². The van der Waals surface area contributed by atoms with E-state index in [4.69, 9.17) is 0 Å². The molecule has 0 spiro atoms. The van der Waals surface area contributed by atoms with E-state index in [0.717, 1.165) is 29.0 Å². The lowest BCUT2D eigenvalue weighted by Gasteiger charge is -2.31. The number of nitrogens with zero attached hydrogens (tertiary/aromatic N) is 4. The number of H-pyrrole nitrogens is 1. The number of carbonyl (C=O) groups excluding carboxylic acids is 1. The van der Waals surface area contributed by atoms with Crippen LogP contribution in [0.1, 0.15) is 24.2 Å². The number of nitrogens with one attached hydrogen (secondary N) is 3. The Morgan fingerprint density at radius 2 is 1.75 bits per heavy atom. The molecule has 0 radical (unpaired) electrons. The Hall–Kier alpha value is -4.15. The fourth-order valence-electron chi connectivity index (χ4n) is 4.23. The highest BCUT2D eigenvalue weighted by molar-refractivity contribution is 5.79. The molecule has 4 aromatic rings. The predicted octanol–water partition coefficient (Wildman–Crippen LogP) is 4.65. The van der Waals surface area contributed by atoms with Gasteiger partial charge >= 0.3 is 6.18 Å². The topological polar surface area (TPSA) is 98.8 Å². The van der Waals surface area contributed by atoms with Crippen LogP contribution in [-0.2, 0) is 17.5 Å². The third-order valence-corrected chi connectivity index (χ3v) is 6.19. The molecule has 5 rings (SSSR count). The van der Waals surface area contributed by atoms with Crippen molar-refractivity contribution >= 4 is 34.3 Å². The first-order valence-corrected chi connectivity index (χ1v) is 11.6. The first kappa shape index (κ1) is 23.6. The van der Waals surface area contributed by atoms with Crippen molar-refractivity contribution in [2.24, 2.45) is 5.92 Å². The van der Waals surface area contributed by atoms with E-state index in [0.29, 0.717) is 49.8 Å². The molecule has 3 heterocycles. The molecule has 0 saturated carbocycles. The van der Waals surface area contributed by atoms with Gasteiger partial charge in [-0.1, -0.05) is 12.1 Å². The van der Waals surface area contributed by atoms with Crippen LogP contribution >= 0.6 is 0 Å². The SMILES string of the molecule is O=C(NCc1nc2ccccc2[nH]1)C1CCN(c2ccc(Nc3ccc(C(F)(F)F)cc3)nn2)CC1. The molecule has 1 fully saturated rings. The minimum absolute atomic E-state index is 0.0114. The van der Waals surface area contributed by atoms with Gasteiger partial charge in [0.05, 0.1) is 23.1 Å². The van der Waals surface area contributed by atoms with Gasteiger partial charge in [0, 0.05) is 24.7 Å². The summed E-state index contributed by atoms with van der Waals surface area (Å²) in [6.45, 7) is 1.69. The van der Waals surface area contributed by atoms with Crippen LogP contribution in [0.4, 0.5) is 30.5 Å². The molecule has 0 aliphatic carbocycles. The number of hydrogen-bond acceptors (Lipinski definition) is 6. The van der Waals surface area contributed by atoms with E-state index in [1.54, 1.807) is 12.1 Å². The fraction of sp³-hybridized carbons (Fsp3) is 0.280. The number of benzene rings is 2. The Morgan fingerprint density at radius 3 is 2.42 bits per heavy atom. The van der Waals surface area contributed by atoms with Crippen molar-refractivity contribution in [2.45, 2.75) is 25.6 Å². The lowest BCUT2D eigenvalue weighted by Crippen LogP contribution is -2.40. The molecule has 0 atom stereocenters. The van der Waals surface area contributed by atoms with E-state index in [2.05, 4.69) is 35.7 Å². The monoisotopic (exact) mass is 495 g/mol. The number of carbonyl (C=O) groups is 1. The second-order valence-electron chi connectivity index (χ2n) is 8.66. The Bertz CT molecular complexity index is 1300. The molecule has 2 aromatic carbocycles. The van der Waals surface area contributed by atoms with E-state index in [9.17, 15) is 18.0 Å². The summed E-state index contributed by atoms with van der Waals surface area (Å²) in [6, 6.07) is 16.0. The lowest BCUT2D eigenvalue weighted by atomic mass is 9.96. The second-order valence-corrected chi connectivity index (χ2v) is 8.66. The molecule has 2 aromatic heterocycles. The number of aromatic nitrogens is 4. The number of fused-ring (bicyclic) bond motifs is 1. The standard InChI is InChI=1S/C25H24F3N7O/c26-25(27,28)17-5-7-18(8-6-17)30-21-9-10-23(34-33-21)35-13-11-16(12-14-35)24(36)29-15-22-31-19-3-1-2-4-20(19)32-22/h1-10,16H,11-15H2,(H,29,36)(H,30,33)(H,31,32). The third-order valence-electron chi connectivity index (χ3n) is 6.19. The van der Waals surface area contributed by atoms with E-state index in [-0.39, 0.29) is 11.8 Å². The Morgan fingerprint density at radius 1 is 1.00 bits per heavy atom. The summed E-state index contributed by atoms with van der Waals surface area (Å²) in [7, 11) is 0. The summed E-state index contributed by atoms with van der Waals surface area (Å²) in [5, 5.41) is 14.3. The van der Waals surface area contributed by atoms with Gasteiger partial charge in [0.15, 0.2) is 11.6 Å². The van der Waals surface area contributed by atoms with Crippen LogP contribution in [-0.4, -0.2) is 39.2 Å². The molecule has 3 N–H and O–H groups in total. The number of anilines is 3. The van der Waals surface area contributed by atoms with Crippen LogP contribution in [0, 0.1) is 5.92 Å². The summed E-state index contributed by atoms with van der Waals surface area (Å²) in [5.74, 6) is 1.77. The summed E-state index contributed by atoms with van der Waals surface area (Å²) in [6.07, 6.45) is -2.99. The summed E-state index contributed by atoms with van der Waals surface area (Å²) < 4.78 is 38.1. The number of para-hydroxylation sites is 2. The van der Waals surface area contributed by atoms with Crippen LogP contribution in [0.5, 0.6) is 0 Å². The number of amides is 1. The zero-order valence-corrected chi connectivity index (χ0v) is 19.2. The van der Waals surface area contributed by atoms with E-state index < -0.39 is 11.7 Å². The average molecular weight is 496 g/mol. The van der Waals surface area contributed by atoms with Crippen LogP contribution < -0.4 is 15.5 Å². The van der Waals surface area contributed by atoms with E-state index in [1.165, 1.54) is 12.1 Å². The molecule has 11 heteroatoms. The predicted molar refractivity (Wildman–Crippen MR) is 130 cm³/mol. The number of rotatable bonds is 6. The number of halogens is 3.